The molecule has 1 aliphatic heterocycles. The van der Waals surface area contributed by atoms with Gasteiger partial charge >= 0.3 is 0 Å². The molecule has 0 spiro atoms. The van der Waals surface area contributed by atoms with Crippen LogP contribution >= 0.6 is 0 Å². The number of aromatic nitrogens is 1. The average Bonchev–Trinajstić information content (AvgIpc) is 2.29. The molecule has 0 amide bonds. The minimum Gasteiger partial charge on any atom is -0.392 e. The summed E-state index contributed by atoms with van der Waals surface area (Å²) in [5.74, 6) is 0.487. The summed E-state index contributed by atoms with van der Waals surface area (Å²) in [5.41, 5.74) is 2.39. The third-order valence-corrected chi connectivity index (χ3v) is 3.33. The molecular formula is C14H22N2O. The SMILES string of the molecule is CC(C)c1ccc(CN2CCCC(O)C2)cn1. The van der Waals surface area contributed by atoms with Gasteiger partial charge in [0.25, 0.3) is 0 Å². The van der Waals surface area contributed by atoms with Gasteiger partial charge in [-0.2, -0.15) is 0 Å². The first-order valence-corrected chi connectivity index (χ1v) is 6.50. The zero-order valence-electron chi connectivity index (χ0n) is 10.8. The number of hydrogen-bond donors (Lipinski definition) is 1. The molecule has 1 aromatic heterocycles. The van der Waals surface area contributed by atoms with E-state index in [2.05, 4.69) is 35.9 Å². The van der Waals surface area contributed by atoms with E-state index in [1.807, 2.05) is 6.20 Å². The Morgan fingerprint density at radius 1 is 1.47 bits per heavy atom. The number of nitrogens with zero attached hydrogens (tertiary/aromatic N) is 2. The summed E-state index contributed by atoms with van der Waals surface area (Å²) in [5, 5.41) is 9.62. The Bertz CT molecular complexity index is 348. The van der Waals surface area contributed by atoms with Gasteiger partial charge in [0.2, 0.25) is 0 Å². The maximum Gasteiger partial charge on any atom is 0.0667 e. The zero-order chi connectivity index (χ0) is 12.3. The summed E-state index contributed by atoms with van der Waals surface area (Å²) >= 11 is 0. The Morgan fingerprint density at radius 2 is 2.29 bits per heavy atom. The number of pyridine rings is 1. The fraction of sp³-hybridized carbons (Fsp3) is 0.643. The van der Waals surface area contributed by atoms with Gasteiger partial charge in [-0.1, -0.05) is 19.9 Å². The molecule has 1 saturated heterocycles. The highest BCUT2D eigenvalue weighted by Crippen LogP contribution is 2.15. The van der Waals surface area contributed by atoms with E-state index < -0.39 is 0 Å². The van der Waals surface area contributed by atoms with Crippen molar-refractivity contribution in [1.82, 2.24) is 9.88 Å². The molecule has 1 unspecified atom stereocenters. The molecule has 0 saturated carbocycles. The summed E-state index contributed by atoms with van der Waals surface area (Å²) in [6.45, 7) is 7.10. The lowest BCUT2D eigenvalue weighted by Gasteiger charge is -2.29. The fourth-order valence-corrected chi connectivity index (χ4v) is 2.30. The number of likely N-dealkylation sites (tertiary alicyclic amines) is 1. The van der Waals surface area contributed by atoms with Crippen LogP contribution < -0.4 is 0 Å². The van der Waals surface area contributed by atoms with Crippen LogP contribution in [0.25, 0.3) is 0 Å². The zero-order valence-corrected chi connectivity index (χ0v) is 10.8. The summed E-state index contributed by atoms with van der Waals surface area (Å²) in [4.78, 5) is 6.78. The van der Waals surface area contributed by atoms with E-state index in [9.17, 15) is 5.11 Å². The second kappa shape index (κ2) is 5.61. The van der Waals surface area contributed by atoms with Gasteiger partial charge in [-0.3, -0.25) is 9.88 Å². The van der Waals surface area contributed by atoms with Crippen molar-refractivity contribution in [3.8, 4) is 0 Å². The van der Waals surface area contributed by atoms with Crippen LogP contribution in [0.2, 0.25) is 0 Å². The molecule has 1 aliphatic rings. The molecule has 3 heteroatoms. The number of rotatable bonds is 3. The maximum absolute atomic E-state index is 9.62. The minimum absolute atomic E-state index is 0.147. The van der Waals surface area contributed by atoms with E-state index in [1.54, 1.807) is 0 Å². The van der Waals surface area contributed by atoms with E-state index in [0.29, 0.717) is 5.92 Å². The molecule has 0 aromatic carbocycles. The number of aliphatic hydroxyl groups is 1. The van der Waals surface area contributed by atoms with Crippen LogP contribution in [-0.4, -0.2) is 34.2 Å². The van der Waals surface area contributed by atoms with Gasteiger partial charge in [0.1, 0.15) is 0 Å². The second-order valence-electron chi connectivity index (χ2n) is 5.28. The molecule has 2 heterocycles. The number of β-amino-alcohol motifs (C(OH)–C–C–N with tert-alkyl or cyclic N) is 1. The largest absolute Gasteiger partial charge is 0.392 e. The van der Waals surface area contributed by atoms with Crippen molar-refractivity contribution in [3.05, 3.63) is 29.6 Å². The van der Waals surface area contributed by atoms with Crippen LogP contribution in [0.15, 0.2) is 18.3 Å². The average molecular weight is 234 g/mol. The molecular weight excluding hydrogens is 212 g/mol. The lowest BCUT2D eigenvalue weighted by Crippen LogP contribution is -2.37. The van der Waals surface area contributed by atoms with Crippen LogP contribution in [-0.2, 0) is 6.54 Å². The molecule has 0 bridgehead atoms. The first-order chi connectivity index (χ1) is 8.15. The van der Waals surface area contributed by atoms with E-state index in [0.717, 1.165) is 38.2 Å². The quantitative estimate of drug-likeness (QED) is 0.870. The highest BCUT2D eigenvalue weighted by Gasteiger charge is 2.17. The highest BCUT2D eigenvalue weighted by molar-refractivity contribution is 5.16. The van der Waals surface area contributed by atoms with Crippen molar-refractivity contribution in [2.45, 2.75) is 45.3 Å². The minimum atomic E-state index is -0.147. The molecule has 94 valence electrons. The van der Waals surface area contributed by atoms with Gasteiger partial charge in [-0.05, 0) is 36.9 Å². The van der Waals surface area contributed by atoms with Crippen molar-refractivity contribution >= 4 is 0 Å². The lowest BCUT2D eigenvalue weighted by molar-refractivity contribution is 0.0668. The predicted molar refractivity (Wildman–Crippen MR) is 68.8 cm³/mol. The Kier molecular flexibility index (Phi) is 4.13. The van der Waals surface area contributed by atoms with E-state index in [1.165, 1.54) is 5.56 Å². The third kappa shape index (κ3) is 3.51. The van der Waals surface area contributed by atoms with Gasteiger partial charge in [0, 0.05) is 25.0 Å². The molecule has 1 atom stereocenters. The van der Waals surface area contributed by atoms with Crippen molar-refractivity contribution in [2.24, 2.45) is 0 Å². The van der Waals surface area contributed by atoms with Crippen molar-refractivity contribution in [1.29, 1.82) is 0 Å². The summed E-state index contributed by atoms with van der Waals surface area (Å²) < 4.78 is 0. The topological polar surface area (TPSA) is 36.4 Å². The predicted octanol–water partition coefficient (Wildman–Crippen LogP) is 2.16. The van der Waals surface area contributed by atoms with Gasteiger partial charge in [0.05, 0.1) is 6.10 Å². The molecule has 0 aliphatic carbocycles. The molecule has 1 aromatic rings. The third-order valence-electron chi connectivity index (χ3n) is 3.33. The number of piperidine rings is 1. The molecule has 3 nitrogen and oxygen atoms in total. The smallest absolute Gasteiger partial charge is 0.0667 e. The molecule has 17 heavy (non-hydrogen) atoms. The Labute approximate surface area is 103 Å². The number of aliphatic hydroxyl groups excluding tert-OH is 1. The van der Waals surface area contributed by atoms with Crippen LogP contribution in [0.5, 0.6) is 0 Å². The monoisotopic (exact) mass is 234 g/mol. The van der Waals surface area contributed by atoms with E-state index >= 15 is 0 Å². The van der Waals surface area contributed by atoms with Crippen LogP contribution in [0.4, 0.5) is 0 Å². The Morgan fingerprint density at radius 3 is 2.88 bits per heavy atom. The van der Waals surface area contributed by atoms with Gasteiger partial charge < -0.3 is 5.11 Å². The molecule has 1 fully saturated rings. The number of hydrogen-bond acceptors (Lipinski definition) is 3. The van der Waals surface area contributed by atoms with Crippen LogP contribution in [0.3, 0.4) is 0 Å². The van der Waals surface area contributed by atoms with Crippen LogP contribution in [0, 0.1) is 0 Å². The highest BCUT2D eigenvalue weighted by atomic mass is 16.3. The Balaban J connectivity index is 1.94. The molecule has 1 N–H and O–H groups in total. The van der Waals surface area contributed by atoms with Crippen molar-refractivity contribution < 1.29 is 5.11 Å². The van der Waals surface area contributed by atoms with Crippen LogP contribution in [0.1, 0.15) is 43.9 Å². The van der Waals surface area contributed by atoms with E-state index in [4.69, 9.17) is 0 Å². The summed E-state index contributed by atoms with van der Waals surface area (Å²) in [6, 6.07) is 4.27. The van der Waals surface area contributed by atoms with Crippen molar-refractivity contribution in [2.75, 3.05) is 13.1 Å². The van der Waals surface area contributed by atoms with E-state index in [-0.39, 0.29) is 6.10 Å². The first kappa shape index (κ1) is 12.5. The molecule has 2 rings (SSSR count). The first-order valence-electron chi connectivity index (χ1n) is 6.50. The fourth-order valence-electron chi connectivity index (χ4n) is 2.30. The summed E-state index contributed by atoms with van der Waals surface area (Å²) in [7, 11) is 0. The normalized spacial score (nSPS) is 22.0. The van der Waals surface area contributed by atoms with Gasteiger partial charge in [0.15, 0.2) is 0 Å². The summed E-state index contributed by atoms with van der Waals surface area (Å²) in [6.07, 6.45) is 3.86. The van der Waals surface area contributed by atoms with Gasteiger partial charge in [-0.25, -0.2) is 0 Å². The standard InChI is InChI=1S/C14H22N2O/c1-11(2)14-6-5-12(8-15-14)9-16-7-3-4-13(17)10-16/h5-6,8,11,13,17H,3-4,7,9-10H2,1-2H3. The molecule has 0 radical (unpaired) electrons. The Hall–Kier alpha value is -0.930. The lowest BCUT2D eigenvalue weighted by atomic mass is 10.1. The van der Waals surface area contributed by atoms with Crippen molar-refractivity contribution in [3.63, 3.8) is 0 Å². The maximum atomic E-state index is 9.62. The second-order valence-corrected chi connectivity index (χ2v) is 5.28. The van der Waals surface area contributed by atoms with Gasteiger partial charge in [-0.15, -0.1) is 0 Å².